The molecular formula is C10H18O. The molecule has 1 heteroatoms. The van der Waals surface area contributed by atoms with Crippen LogP contribution in [0.2, 0.25) is 0 Å². The van der Waals surface area contributed by atoms with Crippen LogP contribution in [0.5, 0.6) is 0 Å². The van der Waals surface area contributed by atoms with Crippen molar-refractivity contribution in [2.45, 2.75) is 20.3 Å². The largest absolute Gasteiger partial charge is 0.400 e. The Labute approximate surface area is 69.7 Å². The molecule has 1 N–H and O–H groups in total. The lowest BCUT2D eigenvalue weighted by atomic mass is 10.4. The maximum atomic E-state index is 7.00. The van der Waals surface area contributed by atoms with Crippen LogP contribution in [-0.2, 0) is 0 Å². The highest BCUT2D eigenvalue weighted by Gasteiger charge is 1.57. The zero-order valence-corrected chi connectivity index (χ0v) is 7.62. The molecular weight excluding hydrogens is 136 g/mol. The molecule has 0 saturated carbocycles. The standard InChI is InChI=1S/C6H6.C3H8.CH4O/c1-2-4-6-5-3-1;1-3-2;1-2/h1-6H;3H2,1-2H3;2H,1H3. The molecule has 0 heterocycles. The summed E-state index contributed by atoms with van der Waals surface area (Å²) in [6.45, 7) is 4.25. The number of aliphatic hydroxyl groups is 1. The Morgan fingerprint density at radius 1 is 0.727 bits per heavy atom. The summed E-state index contributed by atoms with van der Waals surface area (Å²) < 4.78 is 0. The fourth-order valence-electron chi connectivity index (χ4n) is 0.385. The monoisotopic (exact) mass is 154 g/mol. The number of hydrogen-bond donors (Lipinski definition) is 1. The van der Waals surface area contributed by atoms with Gasteiger partial charge in [0.1, 0.15) is 0 Å². The summed E-state index contributed by atoms with van der Waals surface area (Å²) in [5, 5.41) is 7.00. The van der Waals surface area contributed by atoms with Gasteiger partial charge in [-0.15, -0.1) is 0 Å². The van der Waals surface area contributed by atoms with E-state index in [1.807, 2.05) is 36.4 Å². The third kappa shape index (κ3) is 17.6. The lowest BCUT2D eigenvalue weighted by Crippen LogP contribution is -1.47. The number of hydrogen-bond acceptors (Lipinski definition) is 1. The average Bonchev–Trinajstić information content (AvgIpc) is 2.12. The summed E-state index contributed by atoms with van der Waals surface area (Å²) in [7, 11) is 1.00. The molecule has 0 fully saturated rings. The molecule has 0 spiro atoms. The smallest absolute Gasteiger partial charge is 0.0319 e. The predicted octanol–water partition coefficient (Wildman–Crippen LogP) is 2.71. The van der Waals surface area contributed by atoms with Crippen molar-refractivity contribution < 1.29 is 5.11 Å². The second-order valence-electron chi connectivity index (χ2n) is 1.86. The summed E-state index contributed by atoms with van der Waals surface area (Å²) in [6, 6.07) is 12.0. The van der Waals surface area contributed by atoms with Crippen molar-refractivity contribution in [3.63, 3.8) is 0 Å². The van der Waals surface area contributed by atoms with Crippen LogP contribution in [0.15, 0.2) is 36.4 Å². The minimum absolute atomic E-state index is 1.00. The minimum Gasteiger partial charge on any atom is -0.400 e. The molecule has 1 rings (SSSR count). The van der Waals surface area contributed by atoms with E-state index in [1.165, 1.54) is 6.42 Å². The van der Waals surface area contributed by atoms with Crippen molar-refractivity contribution in [1.29, 1.82) is 0 Å². The molecule has 0 aliphatic heterocycles. The molecule has 11 heavy (non-hydrogen) atoms. The topological polar surface area (TPSA) is 20.2 Å². The lowest BCUT2D eigenvalue weighted by Gasteiger charge is -1.69. The zero-order chi connectivity index (χ0) is 8.95. The Bertz CT molecular complexity index is 87.7. The van der Waals surface area contributed by atoms with Crippen molar-refractivity contribution >= 4 is 0 Å². The van der Waals surface area contributed by atoms with Gasteiger partial charge in [0.15, 0.2) is 0 Å². The van der Waals surface area contributed by atoms with Crippen LogP contribution in [0.3, 0.4) is 0 Å². The van der Waals surface area contributed by atoms with Gasteiger partial charge in [-0.1, -0.05) is 56.7 Å². The maximum absolute atomic E-state index is 7.00. The van der Waals surface area contributed by atoms with Gasteiger partial charge in [-0.3, -0.25) is 0 Å². The highest BCUT2D eigenvalue weighted by molar-refractivity contribution is 4.99. The van der Waals surface area contributed by atoms with Crippen molar-refractivity contribution in [2.75, 3.05) is 7.11 Å². The molecule has 0 unspecified atom stereocenters. The predicted molar refractivity (Wildman–Crippen MR) is 50.5 cm³/mol. The van der Waals surface area contributed by atoms with Gasteiger partial charge < -0.3 is 5.11 Å². The highest BCUT2D eigenvalue weighted by atomic mass is 16.2. The van der Waals surface area contributed by atoms with E-state index in [0.29, 0.717) is 0 Å². The van der Waals surface area contributed by atoms with Crippen LogP contribution < -0.4 is 0 Å². The van der Waals surface area contributed by atoms with Gasteiger partial charge >= 0.3 is 0 Å². The summed E-state index contributed by atoms with van der Waals surface area (Å²) in [5.74, 6) is 0. The summed E-state index contributed by atoms with van der Waals surface area (Å²) >= 11 is 0. The Morgan fingerprint density at radius 3 is 0.909 bits per heavy atom. The van der Waals surface area contributed by atoms with E-state index in [9.17, 15) is 0 Å². The average molecular weight is 154 g/mol. The van der Waals surface area contributed by atoms with Crippen LogP contribution in [0, 0.1) is 0 Å². The number of benzene rings is 1. The van der Waals surface area contributed by atoms with Crippen molar-refractivity contribution in [3.05, 3.63) is 36.4 Å². The van der Waals surface area contributed by atoms with Crippen LogP contribution in [-0.4, -0.2) is 12.2 Å². The molecule has 0 bridgehead atoms. The molecule has 0 aliphatic carbocycles. The van der Waals surface area contributed by atoms with Gasteiger partial charge in [-0.2, -0.15) is 0 Å². The molecule has 64 valence electrons. The van der Waals surface area contributed by atoms with Crippen molar-refractivity contribution in [1.82, 2.24) is 0 Å². The van der Waals surface area contributed by atoms with Crippen LogP contribution >= 0.6 is 0 Å². The first-order valence-electron chi connectivity index (χ1n) is 3.86. The molecule has 0 atom stereocenters. The maximum Gasteiger partial charge on any atom is 0.0319 e. The summed E-state index contributed by atoms with van der Waals surface area (Å²) in [5.41, 5.74) is 0. The molecule has 0 radical (unpaired) electrons. The quantitative estimate of drug-likeness (QED) is 0.609. The fraction of sp³-hybridized carbons (Fsp3) is 0.400. The minimum atomic E-state index is 1.00. The SMILES string of the molecule is CCC.CO.c1ccccc1. The van der Waals surface area contributed by atoms with E-state index in [4.69, 9.17) is 5.11 Å². The summed E-state index contributed by atoms with van der Waals surface area (Å²) in [4.78, 5) is 0. The first-order chi connectivity index (χ1) is 5.41. The van der Waals surface area contributed by atoms with Crippen molar-refractivity contribution in [2.24, 2.45) is 0 Å². The lowest BCUT2D eigenvalue weighted by molar-refractivity contribution is 0.399. The Morgan fingerprint density at radius 2 is 0.818 bits per heavy atom. The van der Waals surface area contributed by atoms with E-state index in [2.05, 4.69) is 13.8 Å². The van der Waals surface area contributed by atoms with Gasteiger partial charge in [0.2, 0.25) is 0 Å². The van der Waals surface area contributed by atoms with E-state index in [1.54, 1.807) is 0 Å². The Kier molecular flexibility index (Phi) is 18.7. The van der Waals surface area contributed by atoms with Gasteiger partial charge in [0.05, 0.1) is 0 Å². The van der Waals surface area contributed by atoms with Crippen molar-refractivity contribution in [3.8, 4) is 0 Å². The molecule has 0 amide bonds. The molecule has 0 aromatic heterocycles. The van der Waals surface area contributed by atoms with Crippen LogP contribution in [0.25, 0.3) is 0 Å². The third-order valence-electron chi connectivity index (χ3n) is 0.667. The van der Waals surface area contributed by atoms with Gasteiger partial charge in [0, 0.05) is 7.11 Å². The second kappa shape index (κ2) is 16.1. The van der Waals surface area contributed by atoms with E-state index < -0.39 is 0 Å². The van der Waals surface area contributed by atoms with E-state index in [0.717, 1.165) is 7.11 Å². The van der Waals surface area contributed by atoms with Crippen LogP contribution in [0.4, 0.5) is 0 Å². The van der Waals surface area contributed by atoms with Gasteiger partial charge in [-0.25, -0.2) is 0 Å². The zero-order valence-electron chi connectivity index (χ0n) is 7.62. The molecule has 0 aliphatic rings. The van der Waals surface area contributed by atoms with Gasteiger partial charge in [0.25, 0.3) is 0 Å². The van der Waals surface area contributed by atoms with E-state index >= 15 is 0 Å². The normalized spacial score (nSPS) is 6.55. The first kappa shape index (κ1) is 12.8. The third-order valence-corrected chi connectivity index (χ3v) is 0.667. The fourth-order valence-corrected chi connectivity index (χ4v) is 0.385. The Balaban J connectivity index is 0. The molecule has 1 aromatic carbocycles. The van der Waals surface area contributed by atoms with Crippen LogP contribution in [0.1, 0.15) is 20.3 Å². The number of aliphatic hydroxyl groups excluding tert-OH is 1. The van der Waals surface area contributed by atoms with E-state index in [-0.39, 0.29) is 0 Å². The Hall–Kier alpha value is -0.820. The molecule has 1 aromatic rings. The highest BCUT2D eigenvalue weighted by Crippen LogP contribution is 1.79. The summed E-state index contributed by atoms with van der Waals surface area (Å²) in [6.07, 6.45) is 1.25. The van der Waals surface area contributed by atoms with Gasteiger partial charge in [-0.05, 0) is 0 Å². The molecule has 1 nitrogen and oxygen atoms in total. The molecule has 0 saturated heterocycles. The number of rotatable bonds is 0. The second-order valence-corrected chi connectivity index (χ2v) is 1.86. The first-order valence-corrected chi connectivity index (χ1v) is 3.86.